The second-order valence-electron chi connectivity index (χ2n) is 6.93. The second kappa shape index (κ2) is 8.00. The predicted octanol–water partition coefficient (Wildman–Crippen LogP) is 2.86. The highest BCUT2D eigenvalue weighted by atomic mass is 16.5. The third-order valence-electron chi connectivity index (χ3n) is 4.86. The Morgan fingerprint density at radius 1 is 1.29 bits per heavy atom. The summed E-state index contributed by atoms with van der Waals surface area (Å²) in [6.07, 6.45) is 0. The van der Waals surface area contributed by atoms with E-state index in [4.69, 9.17) is 14.5 Å². The molecule has 3 aromatic rings. The number of aromatic nitrogens is 2. The fourth-order valence-corrected chi connectivity index (χ4v) is 3.57. The molecule has 2 aromatic carbocycles. The van der Waals surface area contributed by atoms with E-state index in [9.17, 15) is 4.79 Å². The minimum atomic E-state index is -0.0656. The van der Waals surface area contributed by atoms with Crippen LogP contribution in [0, 0.1) is 0 Å². The van der Waals surface area contributed by atoms with Gasteiger partial charge in [-0.3, -0.25) is 4.79 Å². The highest BCUT2D eigenvalue weighted by molar-refractivity contribution is 5.88. The fourth-order valence-electron chi connectivity index (χ4n) is 3.57. The maximum Gasteiger partial charge on any atom is 0.221 e. The number of carbonyl (C=O) groups is 1. The Balaban J connectivity index is 1.43. The summed E-state index contributed by atoms with van der Waals surface area (Å²) in [5.41, 5.74) is 4.00. The first kappa shape index (κ1) is 18.5. The molecule has 2 heterocycles. The molecule has 1 aromatic heterocycles. The molecule has 7 heteroatoms. The number of nitrogens with one attached hydrogen (secondary N) is 2. The molecule has 0 unspecified atom stereocenters. The summed E-state index contributed by atoms with van der Waals surface area (Å²) < 4.78 is 13.3. The molecular weight excluding hydrogens is 356 g/mol. The van der Waals surface area contributed by atoms with E-state index in [0.717, 1.165) is 46.9 Å². The maximum absolute atomic E-state index is 11.1. The number of carbonyl (C=O) groups excluding carboxylic acids is 1. The molecule has 146 valence electrons. The van der Waals surface area contributed by atoms with Crippen LogP contribution in [0.4, 0.5) is 5.69 Å². The van der Waals surface area contributed by atoms with Crippen LogP contribution in [0.3, 0.4) is 0 Å². The highest BCUT2D eigenvalue weighted by Gasteiger charge is 2.23. The number of fused-ring (bicyclic) bond motifs is 3. The first-order valence-electron chi connectivity index (χ1n) is 9.34. The fraction of sp³-hybridized carbons (Fsp3) is 0.333. The molecule has 0 fully saturated rings. The van der Waals surface area contributed by atoms with Gasteiger partial charge in [-0.05, 0) is 29.8 Å². The van der Waals surface area contributed by atoms with Crippen molar-refractivity contribution in [3.05, 3.63) is 53.9 Å². The SMILES string of the molecule is COc1ccc2c(c1)nc1n2[C@@H](CNCc2ccc(NC(C)=O)cc2)COC1. The molecule has 0 bridgehead atoms. The summed E-state index contributed by atoms with van der Waals surface area (Å²) >= 11 is 0. The topological polar surface area (TPSA) is 77.4 Å². The molecule has 1 aliphatic rings. The van der Waals surface area contributed by atoms with Crippen molar-refractivity contribution in [1.82, 2.24) is 14.9 Å². The molecule has 0 saturated heterocycles. The monoisotopic (exact) mass is 380 g/mol. The molecule has 28 heavy (non-hydrogen) atoms. The standard InChI is InChI=1S/C21H24N4O3/c1-14(26)23-16-5-3-15(4-6-16)10-22-11-17-12-28-13-21-24-19-9-18(27-2)7-8-20(19)25(17)21/h3-9,17,22H,10-13H2,1-2H3,(H,23,26)/t17-/m0/s1. The van der Waals surface area contributed by atoms with Crippen molar-refractivity contribution in [2.24, 2.45) is 0 Å². The van der Waals surface area contributed by atoms with Gasteiger partial charge in [0.25, 0.3) is 0 Å². The Hall–Kier alpha value is -2.90. The number of ether oxygens (including phenoxy) is 2. The average Bonchev–Trinajstić information content (AvgIpc) is 3.07. The van der Waals surface area contributed by atoms with E-state index in [1.165, 1.54) is 6.92 Å². The van der Waals surface area contributed by atoms with Crippen LogP contribution >= 0.6 is 0 Å². The maximum atomic E-state index is 11.1. The Kier molecular flexibility index (Phi) is 5.27. The van der Waals surface area contributed by atoms with Crippen molar-refractivity contribution in [2.45, 2.75) is 26.1 Å². The van der Waals surface area contributed by atoms with Crippen molar-refractivity contribution in [3.8, 4) is 5.75 Å². The van der Waals surface area contributed by atoms with Crippen molar-refractivity contribution < 1.29 is 14.3 Å². The molecule has 1 atom stereocenters. The van der Waals surface area contributed by atoms with Crippen molar-refractivity contribution in [3.63, 3.8) is 0 Å². The minimum Gasteiger partial charge on any atom is -0.497 e. The van der Waals surface area contributed by atoms with Gasteiger partial charge in [0.15, 0.2) is 0 Å². The minimum absolute atomic E-state index is 0.0656. The Morgan fingerprint density at radius 2 is 2.11 bits per heavy atom. The molecular formula is C21H24N4O3. The van der Waals surface area contributed by atoms with Gasteiger partial charge >= 0.3 is 0 Å². The van der Waals surface area contributed by atoms with Crippen molar-refractivity contribution >= 4 is 22.6 Å². The molecule has 2 N–H and O–H groups in total. The van der Waals surface area contributed by atoms with Gasteiger partial charge in [0.1, 0.15) is 18.2 Å². The van der Waals surface area contributed by atoms with Gasteiger partial charge in [-0.2, -0.15) is 0 Å². The first-order chi connectivity index (χ1) is 13.6. The Bertz CT molecular complexity index is 981. The van der Waals surface area contributed by atoms with Gasteiger partial charge in [0.2, 0.25) is 5.91 Å². The van der Waals surface area contributed by atoms with E-state index in [1.54, 1.807) is 7.11 Å². The zero-order chi connectivity index (χ0) is 19.5. The first-order valence-corrected chi connectivity index (χ1v) is 9.34. The lowest BCUT2D eigenvalue weighted by atomic mass is 10.2. The number of rotatable bonds is 6. The number of nitrogens with zero attached hydrogens (tertiary/aromatic N) is 2. The molecule has 4 rings (SSSR count). The summed E-state index contributed by atoms with van der Waals surface area (Å²) in [5, 5.41) is 6.29. The summed E-state index contributed by atoms with van der Waals surface area (Å²) in [4.78, 5) is 15.8. The number of anilines is 1. The zero-order valence-corrected chi connectivity index (χ0v) is 16.1. The number of amides is 1. The van der Waals surface area contributed by atoms with Crippen LogP contribution in [0.5, 0.6) is 5.75 Å². The van der Waals surface area contributed by atoms with E-state index in [2.05, 4.69) is 21.3 Å². The second-order valence-corrected chi connectivity index (χ2v) is 6.93. The van der Waals surface area contributed by atoms with Crippen LogP contribution in [0.15, 0.2) is 42.5 Å². The molecule has 0 saturated carbocycles. The van der Waals surface area contributed by atoms with Crippen LogP contribution in [-0.2, 0) is 22.7 Å². The smallest absolute Gasteiger partial charge is 0.221 e. The van der Waals surface area contributed by atoms with Crippen LogP contribution in [0.1, 0.15) is 24.4 Å². The normalized spacial score (nSPS) is 16.0. The third kappa shape index (κ3) is 3.85. The van der Waals surface area contributed by atoms with E-state index in [0.29, 0.717) is 13.2 Å². The summed E-state index contributed by atoms with van der Waals surface area (Å²) in [6, 6.07) is 14.0. The molecule has 0 spiro atoms. The largest absolute Gasteiger partial charge is 0.497 e. The quantitative estimate of drug-likeness (QED) is 0.688. The van der Waals surface area contributed by atoms with Crippen LogP contribution in [-0.4, -0.2) is 35.7 Å². The van der Waals surface area contributed by atoms with Gasteiger partial charge in [0, 0.05) is 31.8 Å². The third-order valence-corrected chi connectivity index (χ3v) is 4.86. The lowest BCUT2D eigenvalue weighted by molar-refractivity contribution is -0.114. The van der Waals surface area contributed by atoms with Gasteiger partial charge in [-0.15, -0.1) is 0 Å². The van der Waals surface area contributed by atoms with Crippen molar-refractivity contribution in [2.75, 3.05) is 25.6 Å². The van der Waals surface area contributed by atoms with Gasteiger partial charge in [-0.25, -0.2) is 4.98 Å². The summed E-state index contributed by atoms with van der Waals surface area (Å²) in [6.45, 7) is 4.20. The number of hydrogen-bond acceptors (Lipinski definition) is 5. The van der Waals surface area contributed by atoms with E-state index < -0.39 is 0 Å². The van der Waals surface area contributed by atoms with Gasteiger partial charge < -0.3 is 24.7 Å². The highest BCUT2D eigenvalue weighted by Crippen LogP contribution is 2.28. The van der Waals surface area contributed by atoms with E-state index in [-0.39, 0.29) is 11.9 Å². The lowest BCUT2D eigenvalue weighted by Gasteiger charge is -2.26. The Morgan fingerprint density at radius 3 is 2.86 bits per heavy atom. The van der Waals surface area contributed by atoms with E-state index >= 15 is 0 Å². The number of benzene rings is 2. The molecule has 1 amide bonds. The lowest BCUT2D eigenvalue weighted by Crippen LogP contribution is -2.32. The number of methoxy groups -OCH3 is 1. The molecule has 7 nitrogen and oxygen atoms in total. The van der Waals surface area contributed by atoms with Gasteiger partial charge in [0.05, 0.1) is 30.8 Å². The molecule has 0 aliphatic carbocycles. The van der Waals surface area contributed by atoms with Gasteiger partial charge in [-0.1, -0.05) is 12.1 Å². The van der Waals surface area contributed by atoms with Crippen molar-refractivity contribution in [1.29, 1.82) is 0 Å². The average molecular weight is 380 g/mol. The summed E-state index contributed by atoms with van der Waals surface area (Å²) in [7, 11) is 1.66. The summed E-state index contributed by atoms with van der Waals surface area (Å²) in [5.74, 6) is 1.69. The number of imidazole rings is 1. The number of hydrogen-bond donors (Lipinski definition) is 2. The Labute approximate surface area is 163 Å². The van der Waals surface area contributed by atoms with E-state index in [1.807, 2.05) is 36.4 Å². The van der Waals surface area contributed by atoms with Crippen LogP contribution < -0.4 is 15.4 Å². The predicted molar refractivity (Wildman–Crippen MR) is 107 cm³/mol. The molecule has 1 aliphatic heterocycles. The van der Waals surface area contributed by atoms with Crippen LogP contribution in [0.2, 0.25) is 0 Å². The zero-order valence-electron chi connectivity index (χ0n) is 16.1. The molecule has 0 radical (unpaired) electrons. The van der Waals surface area contributed by atoms with Crippen LogP contribution in [0.25, 0.3) is 11.0 Å².